The van der Waals surface area contributed by atoms with Gasteiger partial charge in [0, 0.05) is 37.6 Å². The highest BCUT2D eigenvalue weighted by molar-refractivity contribution is 6.22. The summed E-state index contributed by atoms with van der Waals surface area (Å²) in [5.41, 5.74) is 9.43. The summed E-state index contributed by atoms with van der Waals surface area (Å²) < 4.78 is 0. The third-order valence-corrected chi connectivity index (χ3v) is 9.00. The van der Waals surface area contributed by atoms with Crippen LogP contribution in [0.1, 0.15) is 44.1 Å². The first-order chi connectivity index (χ1) is 19.3. The van der Waals surface area contributed by atoms with Crippen LogP contribution < -0.4 is 9.80 Å². The summed E-state index contributed by atoms with van der Waals surface area (Å²) in [4.78, 5) is 5.19. The smallest absolute Gasteiger partial charge is 0.0372 e. The van der Waals surface area contributed by atoms with Gasteiger partial charge in [-0.05, 0) is 119 Å². The molecular weight excluding hydrogens is 472 g/mol. The fourth-order valence-corrected chi connectivity index (χ4v) is 6.96. The number of hydrogen-bond acceptors (Lipinski definition) is 2. The molecule has 5 aromatic carbocycles. The van der Waals surface area contributed by atoms with E-state index in [0.717, 1.165) is 26.2 Å². The summed E-state index contributed by atoms with van der Waals surface area (Å²) in [7, 11) is 0. The molecule has 0 amide bonds. The van der Waals surface area contributed by atoms with Crippen LogP contribution in [0.15, 0.2) is 91.0 Å². The quantitative estimate of drug-likeness (QED) is 0.222. The highest BCUT2D eigenvalue weighted by Gasteiger charge is 2.21. The molecule has 2 nitrogen and oxygen atoms in total. The molecule has 0 unspecified atom stereocenters. The normalized spacial score (nSPS) is 16.2. The summed E-state index contributed by atoms with van der Waals surface area (Å²) in [6.45, 7) is 6.88. The van der Waals surface area contributed by atoms with Crippen molar-refractivity contribution in [1.29, 1.82) is 0 Å². The Kier molecular flexibility index (Phi) is 6.48. The van der Waals surface area contributed by atoms with Crippen LogP contribution in [0.25, 0.3) is 43.8 Å². The number of fused-ring (bicyclic) bond motifs is 2. The second-order valence-corrected chi connectivity index (χ2v) is 11.5. The van der Waals surface area contributed by atoms with Crippen LogP contribution in [0.2, 0.25) is 0 Å². The molecule has 2 heterocycles. The molecule has 0 radical (unpaired) electrons. The second kappa shape index (κ2) is 10.4. The van der Waals surface area contributed by atoms with Gasteiger partial charge in [-0.25, -0.2) is 0 Å². The van der Waals surface area contributed by atoms with Crippen molar-refractivity contribution in [2.45, 2.75) is 45.4 Å². The maximum absolute atomic E-state index is 2.59. The Morgan fingerprint density at radius 1 is 0.462 bits per heavy atom. The minimum atomic E-state index is 1.16. The summed E-state index contributed by atoms with van der Waals surface area (Å²) in [6.07, 6.45) is 7.84. The predicted octanol–water partition coefficient (Wildman–Crippen LogP) is 9.62. The maximum Gasteiger partial charge on any atom is 0.0372 e. The highest BCUT2D eigenvalue weighted by atomic mass is 15.1. The lowest BCUT2D eigenvalue weighted by Gasteiger charge is -2.30. The van der Waals surface area contributed by atoms with E-state index in [1.807, 2.05) is 0 Å². The van der Waals surface area contributed by atoms with Crippen molar-refractivity contribution in [3.05, 3.63) is 96.6 Å². The summed E-state index contributed by atoms with van der Waals surface area (Å²) in [6, 6.07) is 34.6. The molecule has 196 valence electrons. The Hall–Kier alpha value is -3.78. The maximum atomic E-state index is 2.59. The van der Waals surface area contributed by atoms with Gasteiger partial charge in [-0.1, -0.05) is 66.7 Å². The number of piperidine rings is 2. The zero-order valence-corrected chi connectivity index (χ0v) is 23.1. The third-order valence-electron chi connectivity index (χ3n) is 9.00. The molecule has 7 rings (SSSR count). The zero-order valence-electron chi connectivity index (χ0n) is 23.1. The minimum absolute atomic E-state index is 1.16. The number of anilines is 2. The van der Waals surface area contributed by atoms with E-state index < -0.39 is 0 Å². The molecule has 0 aliphatic carbocycles. The summed E-state index contributed by atoms with van der Waals surface area (Å²) in [5, 5.41) is 5.43. The van der Waals surface area contributed by atoms with Gasteiger partial charge in [0.1, 0.15) is 0 Å². The molecule has 2 fully saturated rings. The lowest BCUT2D eigenvalue weighted by Crippen LogP contribution is -2.29. The van der Waals surface area contributed by atoms with Gasteiger partial charge in [-0.3, -0.25) is 0 Å². The van der Waals surface area contributed by atoms with Crippen molar-refractivity contribution >= 4 is 32.9 Å². The van der Waals surface area contributed by atoms with Crippen LogP contribution in [0, 0.1) is 6.92 Å². The van der Waals surface area contributed by atoms with E-state index in [2.05, 4.69) is 108 Å². The van der Waals surface area contributed by atoms with E-state index >= 15 is 0 Å². The van der Waals surface area contributed by atoms with E-state index in [1.54, 1.807) is 0 Å². The van der Waals surface area contributed by atoms with Gasteiger partial charge >= 0.3 is 0 Å². The fraction of sp³-hybridized carbons (Fsp3) is 0.297. The molecular formula is C37H38N2. The van der Waals surface area contributed by atoms with Crippen molar-refractivity contribution in [2.24, 2.45) is 0 Å². The average Bonchev–Trinajstić information content (AvgIpc) is 3.01. The van der Waals surface area contributed by atoms with E-state index in [9.17, 15) is 0 Å². The Bertz CT molecular complexity index is 1620. The van der Waals surface area contributed by atoms with E-state index in [0.29, 0.717) is 0 Å². The minimum Gasteiger partial charge on any atom is -0.372 e. The zero-order chi connectivity index (χ0) is 26.2. The van der Waals surface area contributed by atoms with E-state index in [-0.39, 0.29) is 0 Å². The van der Waals surface area contributed by atoms with Crippen LogP contribution in [0.4, 0.5) is 11.4 Å². The molecule has 5 aromatic rings. The topological polar surface area (TPSA) is 6.48 Å². The van der Waals surface area contributed by atoms with Crippen LogP contribution in [-0.4, -0.2) is 26.2 Å². The van der Waals surface area contributed by atoms with Crippen molar-refractivity contribution in [3.63, 3.8) is 0 Å². The number of benzene rings is 5. The fourth-order valence-electron chi connectivity index (χ4n) is 6.96. The Morgan fingerprint density at radius 3 is 1.56 bits per heavy atom. The number of rotatable bonds is 4. The van der Waals surface area contributed by atoms with E-state index in [4.69, 9.17) is 0 Å². The average molecular weight is 511 g/mol. The molecule has 2 saturated heterocycles. The van der Waals surface area contributed by atoms with Gasteiger partial charge in [-0.15, -0.1) is 0 Å². The molecule has 0 spiro atoms. The van der Waals surface area contributed by atoms with Gasteiger partial charge in [0.15, 0.2) is 0 Å². The molecule has 2 heteroatoms. The molecule has 2 aliphatic heterocycles. The molecule has 0 aromatic heterocycles. The van der Waals surface area contributed by atoms with Gasteiger partial charge in [-0.2, -0.15) is 0 Å². The van der Waals surface area contributed by atoms with Crippen LogP contribution >= 0.6 is 0 Å². The molecule has 0 atom stereocenters. The first-order valence-corrected chi connectivity index (χ1v) is 14.9. The number of hydrogen-bond donors (Lipinski definition) is 0. The molecule has 0 saturated carbocycles. The predicted molar refractivity (Wildman–Crippen MR) is 169 cm³/mol. The standard InChI is InChI=1S/C37H38N2/c1-27-13-7-8-16-31(27)37-33-20-18-29(38-21-9-3-10-22-38)25-34(33)36(28-14-5-2-6-15-28)32-19-17-30(26-35(32)37)39-23-11-4-12-24-39/h2,5-8,13-20,25-26H,3-4,9-12,21-24H2,1H3. The van der Waals surface area contributed by atoms with Crippen LogP contribution in [0.5, 0.6) is 0 Å². The Balaban J connectivity index is 1.57. The lowest BCUT2D eigenvalue weighted by molar-refractivity contribution is 0.578. The van der Waals surface area contributed by atoms with Gasteiger partial charge in [0.2, 0.25) is 0 Å². The van der Waals surface area contributed by atoms with E-state index in [1.165, 1.54) is 99.3 Å². The highest BCUT2D eigenvalue weighted by Crippen LogP contribution is 2.46. The first-order valence-electron chi connectivity index (χ1n) is 14.9. The Morgan fingerprint density at radius 2 is 0.974 bits per heavy atom. The Labute approximate surface area is 232 Å². The number of aryl methyl sites for hydroxylation is 1. The monoisotopic (exact) mass is 510 g/mol. The largest absolute Gasteiger partial charge is 0.372 e. The summed E-state index contributed by atoms with van der Waals surface area (Å²) >= 11 is 0. The van der Waals surface area contributed by atoms with Gasteiger partial charge in [0.25, 0.3) is 0 Å². The van der Waals surface area contributed by atoms with Gasteiger partial charge in [0.05, 0.1) is 0 Å². The molecule has 2 aliphatic rings. The third kappa shape index (κ3) is 4.46. The van der Waals surface area contributed by atoms with Crippen molar-refractivity contribution in [2.75, 3.05) is 36.0 Å². The summed E-state index contributed by atoms with van der Waals surface area (Å²) in [5.74, 6) is 0. The first kappa shape index (κ1) is 24.3. The second-order valence-electron chi connectivity index (χ2n) is 11.5. The lowest BCUT2D eigenvalue weighted by atomic mass is 9.84. The number of nitrogens with zero attached hydrogens (tertiary/aromatic N) is 2. The van der Waals surface area contributed by atoms with Crippen molar-refractivity contribution in [1.82, 2.24) is 0 Å². The molecule has 0 bridgehead atoms. The van der Waals surface area contributed by atoms with Crippen molar-refractivity contribution in [3.8, 4) is 22.3 Å². The molecule has 39 heavy (non-hydrogen) atoms. The van der Waals surface area contributed by atoms with Crippen molar-refractivity contribution < 1.29 is 0 Å². The SMILES string of the molecule is Cc1ccccc1-c1c2ccc(N3CCCCC3)cc2c(-c2ccccc2)c2ccc(N3CCCCC3)cc12. The van der Waals surface area contributed by atoms with Crippen LogP contribution in [0.3, 0.4) is 0 Å². The molecule has 0 N–H and O–H groups in total. The van der Waals surface area contributed by atoms with Crippen LogP contribution in [-0.2, 0) is 0 Å². The van der Waals surface area contributed by atoms with Gasteiger partial charge < -0.3 is 9.80 Å².